The van der Waals surface area contributed by atoms with E-state index in [1.807, 2.05) is 30.3 Å². The Morgan fingerprint density at radius 2 is 2.18 bits per heavy atom. The van der Waals surface area contributed by atoms with Crippen LogP contribution in [0.1, 0.15) is 23.2 Å². The Labute approximate surface area is 130 Å². The minimum Gasteiger partial charge on any atom is -0.293 e. The van der Waals surface area contributed by atoms with E-state index < -0.39 is 0 Å². The topological polar surface area (TPSA) is 33.2 Å². The van der Waals surface area contributed by atoms with E-state index in [4.69, 9.17) is 0 Å². The summed E-state index contributed by atoms with van der Waals surface area (Å²) >= 11 is 0. The molecule has 0 radical (unpaired) electrons. The Kier molecular flexibility index (Phi) is 3.30. The number of piperidine rings is 3. The van der Waals surface area contributed by atoms with Gasteiger partial charge in [-0.1, -0.05) is 24.3 Å². The lowest BCUT2D eigenvalue weighted by Gasteiger charge is -2.48. The molecule has 0 spiro atoms. The number of pyridine rings is 1. The number of ketones is 1. The van der Waals surface area contributed by atoms with E-state index in [2.05, 4.69) is 22.5 Å². The molecule has 1 aromatic heterocycles. The molecule has 22 heavy (non-hydrogen) atoms. The number of Topliss-reactive ketones (excluding diaryl/α,β-unsaturated/α-hetero) is 1. The highest BCUT2D eigenvalue weighted by molar-refractivity contribution is 6.09. The monoisotopic (exact) mass is 292 g/mol. The minimum absolute atomic E-state index is 0.0285. The van der Waals surface area contributed by atoms with Crippen LogP contribution in [0.3, 0.4) is 0 Å². The molecule has 2 aromatic rings. The molecule has 0 aliphatic carbocycles. The Bertz CT molecular complexity index is 734. The van der Waals surface area contributed by atoms with Gasteiger partial charge in [0.1, 0.15) is 0 Å². The molecule has 5 rings (SSSR count). The van der Waals surface area contributed by atoms with Gasteiger partial charge in [0, 0.05) is 23.7 Å². The second kappa shape index (κ2) is 5.33. The van der Waals surface area contributed by atoms with Gasteiger partial charge in [0.15, 0.2) is 5.78 Å². The lowest BCUT2D eigenvalue weighted by molar-refractivity contribution is 0.0205. The van der Waals surface area contributed by atoms with Crippen LogP contribution in [0.4, 0.5) is 0 Å². The number of benzene rings is 1. The number of para-hydroxylation sites is 1. The predicted octanol–water partition coefficient (Wildman–Crippen LogP) is 3.31. The van der Waals surface area contributed by atoms with E-state index in [1.54, 1.807) is 6.20 Å². The summed E-state index contributed by atoms with van der Waals surface area (Å²) in [6.45, 7) is 5.97. The van der Waals surface area contributed by atoms with E-state index in [0.29, 0.717) is 11.8 Å². The van der Waals surface area contributed by atoms with Gasteiger partial charge in [-0.15, -0.1) is 6.58 Å². The summed E-state index contributed by atoms with van der Waals surface area (Å²) < 4.78 is 0. The zero-order chi connectivity index (χ0) is 15.1. The summed E-state index contributed by atoms with van der Waals surface area (Å²) in [4.78, 5) is 19.8. The highest BCUT2D eigenvalue weighted by Gasteiger charge is 2.42. The Hall–Kier alpha value is -2.00. The SMILES string of the molecule is C=C[C@H]1CN2CC[C@@H]1C[C@H]2C(=O)c1ccnc2ccccc12. The summed E-state index contributed by atoms with van der Waals surface area (Å²) in [7, 11) is 0. The molecule has 3 heteroatoms. The minimum atomic E-state index is 0.0285. The van der Waals surface area contributed by atoms with Gasteiger partial charge in [-0.05, 0) is 43.4 Å². The number of rotatable bonds is 3. The van der Waals surface area contributed by atoms with Gasteiger partial charge in [0.25, 0.3) is 0 Å². The van der Waals surface area contributed by atoms with Crippen molar-refractivity contribution in [2.24, 2.45) is 11.8 Å². The van der Waals surface area contributed by atoms with Crippen LogP contribution in [-0.2, 0) is 0 Å². The van der Waals surface area contributed by atoms with E-state index >= 15 is 0 Å². The average Bonchev–Trinajstić information content (AvgIpc) is 2.60. The first-order valence-corrected chi connectivity index (χ1v) is 8.02. The molecular weight excluding hydrogens is 272 g/mol. The van der Waals surface area contributed by atoms with Crippen molar-refractivity contribution in [3.8, 4) is 0 Å². The summed E-state index contributed by atoms with van der Waals surface area (Å²) in [5, 5.41) is 0.970. The van der Waals surface area contributed by atoms with Gasteiger partial charge in [-0.25, -0.2) is 0 Å². The molecule has 2 bridgehead atoms. The first-order valence-electron chi connectivity index (χ1n) is 8.02. The molecule has 3 aliphatic rings. The van der Waals surface area contributed by atoms with Gasteiger partial charge in [-0.2, -0.15) is 0 Å². The van der Waals surface area contributed by atoms with Crippen molar-refractivity contribution in [2.45, 2.75) is 18.9 Å². The second-order valence-electron chi connectivity index (χ2n) is 6.43. The van der Waals surface area contributed by atoms with Crippen molar-refractivity contribution in [3.05, 3.63) is 54.7 Å². The quantitative estimate of drug-likeness (QED) is 0.643. The summed E-state index contributed by atoms with van der Waals surface area (Å²) in [5.74, 6) is 1.42. The molecule has 1 aromatic carbocycles. The first-order chi connectivity index (χ1) is 10.8. The third kappa shape index (κ3) is 2.08. The number of nitrogens with zero attached hydrogens (tertiary/aromatic N) is 2. The summed E-state index contributed by atoms with van der Waals surface area (Å²) in [6.07, 6.45) is 5.97. The van der Waals surface area contributed by atoms with Crippen LogP contribution in [-0.4, -0.2) is 34.8 Å². The van der Waals surface area contributed by atoms with E-state index in [9.17, 15) is 4.79 Å². The summed E-state index contributed by atoms with van der Waals surface area (Å²) in [5.41, 5.74) is 1.71. The Morgan fingerprint density at radius 1 is 1.32 bits per heavy atom. The molecular formula is C19H20N2O. The van der Waals surface area contributed by atoms with Crippen molar-refractivity contribution in [3.63, 3.8) is 0 Å². The van der Waals surface area contributed by atoms with Crippen LogP contribution in [0.25, 0.3) is 10.9 Å². The zero-order valence-corrected chi connectivity index (χ0v) is 12.6. The Morgan fingerprint density at radius 3 is 2.95 bits per heavy atom. The molecule has 0 saturated carbocycles. The lowest BCUT2D eigenvalue weighted by Crippen LogP contribution is -2.55. The van der Waals surface area contributed by atoms with Crippen LogP contribution in [0.5, 0.6) is 0 Å². The molecule has 3 saturated heterocycles. The molecule has 3 fully saturated rings. The number of carbonyl (C=O) groups is 1. The molecule has 3 aliphatic heterocycles. The van der Waals surface area contributed by atoms with Crippen LogP contribution in [0.2, 0.25) is 0 Å². The van der Waals surface area contributed by atoms with Crippen molar-refractivity contribution in [1.82, 2.24) is 9.88 Å². The molecule has 4 atom stereocenters. The second-order valence-corrected chi connectivity index (χ2v) is 6.43. The van der Waals surface area contributed by atoms with Gasteiger partial charge in [-0.3, -0.25) is 14.7 Å². The summed E-state index contributed by atoms with van der Waals surface area (Å²) in [6, 6.07) is 9.80. The molecule has 0 N–H and O–H groups in total. The van der Waals surface area contributed by atoms with Gasteiger partial charge < -0.3 is 0 Å². The lowest BCUT2D eigenvalue weighted by atomic mass is 9.74. The standard InChI is InChI=1S/C19H20N2O/c1-2-13-12-21-10-8-14(13)11-18(21)19(22)16-7-9-20-17-6-4-3-5-15(16)17/h2-7,9,13-14,18H,1,8,10-12H2/t13-,14+,18-/m0/s1. The Balaban J connectivity index is 1.69. The fraction of sp³-hybridized carbons (Fsp3) is 0.368. The maximum Gasteiger partial charge on any atom is 0.180 e. The van der Waals surface area contributed by atoms with E-state index in [0.717, 1.165) is 36.0 Å². The van der Waals surface area contributed by atoms with Crippen LogP contribution in [0.15, 0.2) is 49.2 Å². The zero-order valence-electron chi connectivity index (χ0n) is 12.6. The first kappa shape index (κ1) is 13.6. The fourth-order valence-electron chi connectivity index (χ4n) is 4.10. The van der Waals surface area contributed by atoms with Crippen molar-refractivity contribution >= 4 is 16.7 Å². The van der Waals surface area contributed by atoms with Crippen molar-refractivity contribution in [1.29, 1.82) is 0 Å². The number of aromatic nitrogens is 1. The van der Waals surface area contributed by atoms with E-state index in [-0.39, 0.29) is 11.8 Å². The fourth-order valence-corrected chi connectivity index (χ4v) is 4.10. The maximum absolute atomic E-state index is 13.1. The molecule has 3 nitrogen and oxygen atoms in total. The highest BCUT2D eigenvalue weighted by Crippen LogP contribution is 2.38. The third-order valence-electron chi connectivity index (χ3n) is 5.32. The predicted molar refractivity (Wildman–Crippen MR) is 87.8 cm³/mol. The smallest absolute Gasteiger partial charge is 0.180 e. The number of carbonyl (C=O) groups excluding carboxylic acids is 1. The average molecular weight is 292 g/mol. The molecule has 1 unspecified atom stereocenters. The number of fused-ring (bicyclic) bond motifs is 4. The van der Waals surface area contributed by atoms with Gasteiger partial charge in [0.2, 0.25) is 0 Å². The highest BCUT2D eigenvalue weighted by atomic mass is 16.1. The third-order valence-corrected chi connectivity index (χ3v) is 5.32. The van der Waals surface area contributed by atoms with Crippen molar-refractivity contribution < 1.29 is 4.79 Å². The van der Waals surface area contributed by atoms with Crippen LogP contribution in [0, 0.1) is 11.8 Å². The van der Waals surface area contributed by atoms with E-state index in [1.165, 1.54) is 6.42 Å². The normalized spacial score (nSPS) is 30.4. The van der Waals surface area contributed by atoms with Crippen molar-refractivity contribution in [2.75, 3.05) is 13.1 Å². The van der Waals surface area contributed by atoms with Gasteiger partial charge >= 0.3 is 0 Å². The molecule has 4 heterocycles. The van der Waals surface area contributed by atoms with Crippen LogP contribution >= 0.6 is 0 Å². The number of hydrogen-bond acceptors (Lipinski definition) is 3. The van der Waals surface area contributed by atoms with Crippen LogP contribution < -0.4 is 0 Å². The number of hydrogen-bond donors (Lipinski definition) is 0. The van der Waals surface area contributed by atoms with Gasteiger partial charge in [0.05, 0.1) is 11.6 Å². The molecule has 112 valence electrons. The largest absolute Gasteiger partial charge is 0.293 e. The maximum atomic E-state index is 13.1. The molecule has 0 amide bonds.